The second-order valence-corrected chi connectivity index (χ2v) is 4.20. The van der Waals surface area contributed by atoms with Crippen LogP contribution in [0, 0.1) is 27.8 Å². The Balaban J connectivity index is 2.11. The molecule has 2 atom stereocenters. The summed E-state index contributed by atoms with van der Waals surface area (Å²) in [7, 11) is 0. The number of anilines is 1. The van der Waals surface area contributed by atoms with E-state index in [4.69, 9.17) is 5.11 Å². The van der Waals surface area contributed by atoms with E-state index >= 15 is 0 Å². The van der Waals surface area contributed by atoms with Crippen LogP contribution in [0.25, 0.3) is 0 Å². The highest BCUT2D eigenvalue weighted by atomic mass is 19.1. The topological polar surface area (TPSA) is 110 Å². The van der Waals surface area contributed by atoms with E-state index in [1.807, 2.05) is 0 Å². The van der Waals surface area contributed by atoms with E-state index in [1.54, 1.807) is 0 Å². The number of amides is 1. The average molecular weight is 268 g/mol. The molecule has 1 aromatic carbocycles. The maximum atomic E-state index is 13.4. The minimum Gasteiger partial charge on any atom is -0.481 e. The Hall–Kier alpha value is -2.51. The van der Waals surface area contributed by atoms with E-state index in [0.717, 1.165) is 18.2 Å². The molecule has 0 heterocycles. The van der Waals surface area contributed by atoms with Gasteiger partial charge >= 0.3 is 5.97 Å². The zero-order valence-corrected chi connectivity index (χ0v) is 9.50. The van der Waals surface area contributed by atoms with Gasteiger partial charge in [-0.05, 0) is 12.5 Å². The van der Waals surface area contributed by atoms with Crippen LogP contribution < -0.4 is 5.32 Å². The van der Waals surface area contributed by atoms with Crippen LogP contribution in [0.15, 0.2) is 18.2 Å². The van der Waals surface area contributed by atoms with Crippen molar-refractivity contribution in [2.75, 3.05) is 5.32 Å². The summed E-state index contributed by atoms with van der Waals surface area (Å²) in [6, 6.07) is 2.74. The Morgan fingerprint density at radius 3 is 2.63 bits per heavy atom. The molecule has 7 nitrogen and oxygen atoms in total. The number of non-ortho nitro benzene ring substituents is 1. The van der Waals surface area contributed by atoms with Gasteiger partial charge in [-0.3, -0.25) is 19.7 Å². The van der Waals surface area contributed by atoms with E-state index in [0.29, 0.717) is 0 Å². The smallest absolute Gasteiger partial charge is 0.307 e. The first-order valence-corrected chi connectivity index (χ1v) is 5.37. The first-order valence-electron chi connectivity index (χ1n) is 5.37. The third-order valence-corrected chi connectivity index (χ3v) is 2.86. The lowest BCUT2D eigenvalue weighted by Gasteiger charge is -2.05. The molecule has 0 aliphatic heterocycles. The average Bonchev–Trinajstić information content (AvgIpc) is 3.11. The number of hydrogen-bond acceptors (Lipinski definition) is 4. The fourth-order valence-electron chi connectivity index (χ4n) is 1.71. The number of nitro groups is 1. The standard InChI is InChI=1S/C11H9FN2O5/c12-8-2-1-5(14(18)19)3-9(8)13-10(15)6-4-7(6)11(16)17/h1-3,6-7H,4H2,(H,13,15)(H,16,17). The van der Waals surface area contributed by atoms with Gasteiger partial charge in [-0.2, -0.15) is 0 Å². The third-order valence-electron chi connectivity index (χ3n) is 2.86. The van der Waals surface area contributed by atoms with Crippen molar-refractivity contribution in [3.63, 3.8) is 0 Å². The zero-order chi connectivity index (χ0) is 14.2. The van der Waals surface area contributed by atoms with Crippen LogP contribution in [0.2, 0.25) is 0 Å². The Bertz CT molecular complexity index is 574. The summed E-state index contributed by atoms with van der Waals surface area (Å²) in [5, 5.41) is 21.4. The van der Waals surface area contributed by atoms with Crippen LogP contribution in [0.5, 0.6) is 0 Å². The predicted octanol–water partition coefficient (Wildman–Crippen LogP) is 1.39. The monoisotopic (exact) mass is 268 g/mol. The summed E-state index contributed by atoms with van der Waals surface area (Å²) in [4.78, 5) is 32.0. The molecule has 0 saturated heterocycles. The van der Waals surface area contributed by atoms with Crippen LogP contribution in [-0.4, -0.2) is 21.9 Å². The Morgan fingerprint density at radius 2 is 2.11 bits per heavy atom. The number of hydrogen-bond donors (Lipinski definition) is 2. The highest BCUT2D eigenvalue weighted by molar-refractivity contribution is 5.98. The van der Waals surface area contributed by atoms with E-state index < -0.39 is 34.5 Å². The molecule has 1 amide bonds. The predicted molar refractivity (Wildman–Crippen MR) is 60.9 cm³/mol. The maximum absolute atomic E-state index is 13.4. The van der Waals surface area contributed by atoms with Gasteiger partial charge in [0, 0.05) is 12.1 Å². The fourth-order valence-corrected chi connectivity index (χ4v) is 1.71. The number of carboxylic acid groups (broad SMARTS) is 1. The van der Waals surface area contributed by atoms with Gasteiger partial charge in [0.15, 0.2) is 0 Å². The minimum absolute atomic E-state index is 0.192. The lowest BCUT2D eigenvalue weighted by atomic mass is 10.2. The molecule has 2 unspecified atom stereocenters. The van der Waals surface area contributed by atoms with E-state index in [9.17, 15) is 24.1 Å². The molecule has 1 aromatic rings. The normalized spacial score (nSPS) is 20.7. The number of carboxylic acids is 1. The Labute approximate surface area is 106 Å². The number of carbonyl (C=O) groups is 2. The van der Waals surface area contributed by atoms with Gasteiger partial charge in [0.05, 0.1) is 22.4 Å². The largest absolute Gasteiger partial charge is 0.481 e. The van der Waals surface area contributed by atoms with Crippen LogP contribution in [0.1, 0.15) is 6.42 Å². The lowest BCUT2D eigenvalue weighted by Crippen LogP contribution is -2.17. The van der Waals surface area contributed by atoms with Gasteiger partial charge < -0.3 is 10.4 Å². The number of carbonyl (C=O) groups excluding carboxylic acids is 1. The van der Waals surface area contributed by atoms with Gasteiger partial charge in [0.2, 0.25) is 5.91 Å². The molecule has 0 radical (unpaired) electrons. The summed E-state index contributed by atoms with van der Waals surface area (Å²) in [6.07, 6.45) is 0.192. The van der Waals surface area contributed by atoms with Crippen molar-refractivity contribution in [2.45, 2.75) is 6.42 Å². The van der Waals surface area contributed by atoms with Crippen molar-refractivity contribution in [3.8, 4) is 0 Å². The fraction of sp³-hybridized carbons (Fsp3) is 0.273. The van der Waals surface area contributed by atoms with Crippen LogP contribution in [0.4, 0.5) is 15.8 Å². The lowest BCUT2D eigenvalue weighted by molar-refractivity contribution is -0.384. The molecule has 0 bridgehead atoms. The molecule has 1 fully saturated rings. The third kappa shape index (κ3) is 2.67. The van der Waals surface area contributed by atoms with E-state index in [1.165, 1.54) is 0 Å². The summed E-state index contributed by atoms with van der Waals surface area (Å²) in [6.45, 7) is 0. The van der Waals surface area contributed by atoms with Crippen molar-refractivity contribution in [2.24, 2.45) is 11.8 Å². The summed E-state index contributed by atoms with van der Waals surface area (Å²) >= 11 is 0. The molecule has 0 aromatic heterocycles. The van der Waals surface area contributed by atoms with Crippen LogP contribution in [0.3, 0.4) is 0 Å². The molecule has 8 heteroatoms. The number of nitro benzene ring substituents is 1. The van der Waals surface area contributed by atoms with Gasteiger partial charge in [-0.25, -0.2) is 4.39 Å². The number of benzene rings is 1. The molecule has 1 saturated carbocycles. The number of aliphatic carboxylic acids is 1. The van der Waals surface area contributed by atoms with Crippen LogP contribution in [-0.2, 0) is 9.59 Å². The summed E-state index contributed by atoms with van der Waals surface area (Å²) in [5.74, 6) is -4.02. The number of nitrogens with one attached hydrogen (secondary N) is 1. The highest BCUT2D eigenvalue weighted by Gasteiger charge is 2.48. The van der Waals surface area contributed by atoms with Crippen molar-refractivity contribution in [3.05, 3.63) is 34.1 Å². The second kappa shape index (κ2) is 4.63. The SMILES string of the molecule is O=C(O)C1CC1C(=O)Nc1cc([N+](=O)[O-])ccc1F. The molecule has 19 heavy (non-hydrogen) atoms. The van der Waals surface area contributed by atoms with Gasteiger partial charge in [0.25, 0.3) is 5.69 Å². The molecule has 1 aliphatic rings. The van der Waals surface area contributed by atoms with Crippen molar-refractivity contribution in [1.82, 2.24) is 0 Å². The Morgan fingerprint density at radius 1 is 1.42 bits per heavy atom. The molecular formula is C11H9FN2O5. The molecular weight excluding hydrogens is 259 g/mol. The summed E-state index contributed by atoms with van der Waals surface area (Å²) < 4.78 is 13.4. The maximum Gasteiger partial charge on any atom is 0.307 e. The minimum atomic E-state index is -1.08. The molecule has 0 spiro atoms. The first kappa shape index (κ1) is 12.9. The van der Waals surface area contributed by atoms with Crippen LogP contribution >= 0.6 is 0 Å². The van der Waals surface area contributed by atoms with E-state index in [-0.39, 0.29) is 17.8 Å². The van der Waals surface area contributed by atoms with Crippen molar-refractivity contribution in [1.29, 1.82) is 0 Å². The molecule has 2 N–H and O–H groups in total. The van der Waals surface area contributed by atoms with Gasteiger partial charge in [-0.1, -0.05) is 0 Å². The van der Waals surface area contributed by atoms with Gasteiger partial charge in [-0.15, -0.1) is 0 Å². The van der Waals surface area contributed by atoms with E-state index in [2.05, 4.69) is 5.32 Å². The molecule has 2 rings (SSSR count). The second-order valence-electron chi connectivity index (χ2n) is 4.20. The van der Waals surface area contributed by atoms with Crippen molar-refractivity contribution < 1.29 is 24.0 Å². The molecule has 1 aliphatic carbocycles. The van der Waals surface area contributed by atoms with Gasteiger partial charge in [0.1, 0.15) is 5.82 Å². The molecule has 100 valence electrons. The van der Waals surface area contributed by atoms with Crippen molar-refractivity contribution >= 4 is 23.3 Å². The zero-order valence-electron chi connectivity index (χ0n) is 9.50. The highest BCUT2D eigenvalue weighted by Crippen LogP contribution is 2.39. The quantitative estimate of drug-likeness (QED) is 0.633. The number of nitrogens with zero attached hydrogens (tertiary/aromatic N) is 1. The number of halogens is 1. The first-order chi connectivity index (χ1) is 8.90. The number of rotatable bonds is 4. The summed E-state index contributed by atoms with van der Waals surface area (Å²) in [5.41, 5.74) is -0.683. The Kier molecular flexibility index (Phi) is 3.16.